The molecule has 1 N–H and O–H groups in total. The van der Waals surface area contributed by atoms with Gasteiger partial charge in [-0.15, -0.1) is 0 Å². The number of ether oxygens (including phenoxy) is 1. The van der Waals surface area contributed by atoms with Crippen LogP contribution < -0.4 is 0 Å². The van der Waals surface area contributed by atoms with Crippen LogP contribution in [0.3, 0.4) is 0 Å². The normalized spacial score (nSPS) is 13.0. The highest BCUT2D eigenvalue weighted by Crippen LogP contribution is 2.40. The predicted octanol–water partition coefficient (Wildman–Crippen LogP) is 5.79. The van der Waals surface area contributed by atoms with Crippen molar-refractivity contribution >= 4 is 25.1 Å². The summed E-state index contributed by atoms with van der Waals surface area (Å²) in [5.74, 6) is -0.302. The van der Waals surface area contributed by atoms with Crippen molar-refractivity contribution in [1.29, 1.82) is 0 Å². The topological polar surface area (TPSA) is 55.8 Å². The van der Waals surface area contributed by atoms with E-state index in [-0.39, 0.29) is 12.4 Å². The largest absolute Gasteiger partial charge is 0.507 e. The minimum absolute atomic E-state index is 0.120. The van der Waals surface area contributed by atoms with Crippen molar-refractivity contribution < 1.29 is 19.1 Å². The molecule has 0 aliphatic carbocycles. The number of aromatic hydroxyl groups is 1. The number of phenolic OH excluding ortho intramolecular Hbond substituents is 1. The van der Waals surface area contributed by atoms with Gasteiger partial charge in [-0.25, -0.2) is 4.79 Å². The van der Waals surface area contributed by atoms with Crippen molar-refractivity contribution in [1.82, 2.24) is 0 Å². The van der Waals surface area contributed by atoms with E-state index in [2.05, 4.69) is 20.8 Å². The number of hydrogen-bond acceptors (Lipinski definition) is 4. The Kier molecular flexibility index (Phi) is 7.06. The fraction of sp³-hybridized carbons (Fsp3) is 0.500. The first-order chi connectivity index (χ1) is 12.8. The third-order valence-corrected chi connectivity index (χ3v) is 10.2. The van der Waals surface area contributed by atoms with Crippen molar-refractivity contribution in [2.75, 3.05) is 6.61 Å². The van der Waals surface area contributed by atoms with Crippen molar-refractivity contribution in [3.8, 4) is 5.75 Å². The maximum atomic E-state index is 12.8. The Balaban J connectivity index is 2.65. The van der Waals surface area contributed by atoms with Crippen molar-refractivity contribution in [3.05, 3.63) is 41.0 Å². The van der Waals surface area contributed by atoms with Gasteiger partial charge >= 0.3 is 5.97 Å². The second kappa shape index (κ2) is 8.89. The van der Waals surface area contributed by atoms with Gasteiger partial charge in [-0.1, -0.05) is 50.6 Å². The van der Waals surface area contributed by atoms with Gasteiger partial charge in [0.1, 0.15) is 5.75 Å². The average Bonchev–Trinajstić information content (AvgIpc) is 2.64. The highest BCUT2D eigenvalue weighted by Gasteiger charge is 2.38. The van der Waals surface area contributed by atoms with Crippen LogP contribution in [0.15, 0.2) is 24.3 Å². The highest BCUT2D eigenvalue weighted by atomic mass is 28.4. The summed E-state index contributed by atoms with van der Waals surface area (Å²) in [5, 5.41) is 12.7. The zero-order valence-corrected chi connectivity index (χ0v) is 18.4. The Hall–Kier alpha value is -1.85. The van der Waals surface area contributed by atoms with Crippen LogP contribution in [0, 0.1) is 13.8 Å². The van der Waals surface area contributed by atoms with E-state index in [9.17, 15) is 9.90 Å². The van der Waals surface area contributed by atoms with Crippen LogP contribution in [0.25, 0.3) is 10.8 Å². The zero-order chi connectivity index (χ0) is 20.2. The van der Waals surface area contributed by atoms with Crippen molar-refractivity contribution in [3.63, 3.8) is 0 Å². The van der Waals surface area contributed by atoms with Crippen molar-refractivity contribution in [2.45, 2.75) is 65.8 Å². The van der Waals surface area contributed by atoms with E-state index in [1.807, 2.05) is 38.1 Å². The molecular formula is C22H32O4Si. The van der Waals surface area contributed by atoms with E-state index in [0.29, 0.717) is 5.56 Å². The lowest BCUT2D eigenvalue weighted by Crippen LogP contribution is -2.39. The molecule has 0 spiro atoms. The Morgan fingerprint density at radius 2 is 1.70 bits per heavy atom. The third kappa shape index (κ3) is 4.36. The van der Waals surface area contributed by atoms with Gasteiger partial charge in [-0.2, -0.15) is 0 Å². The molecule has 2 aromatic rings. The molecule has 27 heavy (non-hydrogen) atoms. The van der Waals surface area contributed by atoms with Crippen LogP contribution in [-0.2, 0) is 14.0 Å². The number of carbonyl (C=O) groups excluding carboxylic acids is 1. The summed E-state index contributed by atoms with van der Waals surface area (Å²) >= 11 is 0. The number of rotatable bonds is 8. The van der Waals surface area contributed by atoms with Gasteiger partial charge in [0.15, 0.2) is 14.4 Å². The molecule has 0 bridgehead atoms. The lowest BCUT2D eigenvalue weighted by Gasteiger charge is -2.33. The standard InChI is InChI=1S/C22H32O4Si/c1-7-25-22(24)21(26-27(8-2,9-3)10-4)19-16(6)14-17-13-15(5)11-12-18(17)20(19)23/h11-14,21,23H,7-10H2,1-6H3. The summed E-state index contributed by atoms with van der Waals surface area (Å²) in [6.07, 6.45) is -0.887. The Labute approximate surface area is 163 Å². The molecule has 0 saturated carbocycles. The van der Waals surface area contributed by atoms with Gasteiger partial charge in [0, 0.05) is 10.9 Å². The summed E-state index contributed by atoms with van der Waals surface area (Å²) in [5.41, 5.74) is 2.51. The van der Waals surface area contributed by atoms with Crippen LogP contribution in [0.2, 0.25) is 18.1 Å². The molecule has 1 unspecified atom stereocenters. The highest BCUT2D eigenvalue weighted by molar-refractivity contribution is 6.73. The molecule has 0 amide bonds. The molecule has 0 radical (unpaired) electrons. The third-order valence-electron chi connectivity index (χ3n) is 5.58. The maximum Gasteiger partial charge on any atom is 0.338 e. The minimum atomic E-state index is -2.09. The number of aryl methyl sites for hydroxylation is 2. The molecular weight excluding hydrogens is 356 g/mol. The number of esters is 1. The van der Waals surface area contributed by atoms with E-state index in [1.165, 1.54) is 0 Å². The molecule has 2 aromatic carbocycles. The minimum Gasteiger partial charge on any atom is -0.507 e. The molecule has 0 aromatic heterocycles. The second-order valence-corrected chi connectivity index (χ2v) is 11.9. The Morgan fingerprint density at radius 1 is 1.07 bits per heavy atom. The van der Waals surface area contributed by atoms with Gasteiger partial charge in [0.2, 0.25) is 0 Å². The summed E-state index contributed by atoms with van der Waals surface area (Å²) < 4.78 is 11.9. The molecule has 2 rings (SSSR count). The zero-order valence-electron chi connectivity index (χ0n) is 17.4. The summed E-state index contributed by atoms with van der Waals surface area (Å²) in [7, 11) is -2.09. The van der Waals surface area contributed by atoms with Crippen LogP contribution in [0.1, 0.15) is 50.5 Å². The molecule has 0 heterocycles. The summed E-state index contributed by atoms with van der Waals surface area (Å²) in [6, 6.07) is 10.7. The van der Waals surface area contributed by atoms with E-state index in [4.69, 9.17) is 9.16 Å². The van der Waals surface area contributed by atoms with E-state index >= 15 is 0 Å². The van der Waals surface area contributed by atoms with E-state index < -0.39 is 20.4 Å². The summed E-state index contributed by atoms with van der Waals surface area (Å²) in [6.45, 7) is 12.4. The molecule has 0 aliphatic rings. The molecule has 0 aliphatic heterocycles. The number of carbonyl (C=O) groups is 1. The lowest BCUT2D eigenvalue weighted by atomic mass is 9.95. The fourth-order valence-electron chi connectivity index (χ4n) is 3.68. The molecule has 4 nitrogen and oxygen atoms in total. The molecule has 148 valence electrons. The Bertz CT molecular complexity index is 803. The smallest absolute Gasteiger partial charge is 0.338 e. The van der Waals surface area contributed by atoms with Crippen molar-refractivity contribution in [2.24, 2.45) is 0 Å². The number of hydrogen-bond donors (Lipinski definition) is 1. The van der Waals surface area contributed by atoms with E-state index in [0.717, 1.165) is 40.0 Å². The molecule has 0 saturated heterocycles. The lowest BCUT2D eigenvalue weighted by molar-refractivity contribution is -0.152. The predicted molar refractivity (Wildman–Crippen MR) is 113 cm³/mol. The molecule has 0 fully saturated rings. The first kappa shape index (κ1) is 21.4. The number of benzene rings is 2. The SMILES string of the molecule is CCOC(=O)C(O[Si](CC)(CC)CC)c1c(C)cc2cc(C)ccc2c1O. The monoisotopic (exact) mass is 388 g/mol. The average molecular weight is 389 g/mol. The first-order valence-corrected chi connectivity index (χ1v) is 12.4. The summed E-state index contributed by atoms with van der Waals surface area (Å²) in [4.78, 5) is 12.8. The molecule has 1 atom stereocenters. The van der Waals surface area contributed by atoms with Crippen LogP contribution in [0.4, 0.5) is 0 Å². The Morgan fingerprint density at radius 3 is 2.26 bits per heavy atom. The quantitative estimate of drug-likeness (QED) is 0.459. The van der Waals surface area contributed by atoms with Gasteiger partial charge in [0.25, 0.3) is 0 Å². The van der Waals surface area contributed by atoms with Crippen LogP contribution in [-0.4, -0.2) is 26.0 Å². The van der Waals surface area contributed by atoms with Gasteiger partial charge in [-0.3, -0.25) is 0 Å². The molecule has 5 heteroatoms. The first-order valence-electron chi connectivity index (χ1n) is 9.89. The van der Waals surface area contributed by atoms with Crippen LogP contribution in [0.5, 0.6) is 5.75 Å². The number of fused-ring (bicyclic) bond motifs is 1. The van der Waals surface area contributed by atoms with Crippen LogP contribution >= 0.6 is 0 Å². The van der Waals surface area contributed by atoms with Gasteiger partial charge in [-0.05, 0) is 49.9 Å². The second-order valence-electron chi connectivity index (χ2n) is 7.17. The maximum absolute atomic E-state index is 12.8. The van der Waals surface area contributed by atoms with Gasteiger partial charge < -0.3 is 14.3 Å². The van der Waals surface area contributed by atoms with E-state index in [1.54, 1.807) is 6.92 Å². The van der Waals surface area contributed by atoms with Gasteiger partial charge in [0.05, 0.1) is 6.61 Å². The fourth-order valence-corrected chi connectivity index (χ4v) is 6.40. The number of phenols is 1.